The van der Waals surface area contributed by atoms with Crippen LogP contribution in [0.1, 0.15) is 0 Å². The van der Waals surface area contributed by atoms with Crippen LogP contribution in [0.25, 0.3) is 0 Å². The van der Waals surface area contributed by atoms with Gasteiger partial charge in [-0.15, -0.1) is 0 Å². The molecule has 0 atom stereocenters. The standard InChI is InChI=1S/C4H4Br2N2O2/c5-1(3(7)9)2(6)4(8)10/h(H2,7,9)(H2,8,10)/b2-1-. The van der Waals surface area contributed by atoms with Crippen LogP contribution in [0.2, 0.25) is 0 Å². The summed E-state index contributed by atoms with van der Waals surface area (Å²) >= 11 is 5.53. The summed E-state index contributed by atoms with van der Waals surface area (Å²) in [4.78, 5) is 20.6. The van der Waals surface area contributed by atoms with Crippen molar-refractivity contribution in [3.8, 4) is 0 Å². The third kappa shape index (κ3) is 2.49. The van der Waals surface area contributed by atoms with Gasteiger partial charge in [-0.2, -0.15) is 0 Å². The first-order valence-corrected chi connectivity index (χ1v) is 3.70. The molecule has 0 heterocycles. The number of carbonyl (C=O) groups excluding carboxylic acids is 2. The zero-order valence-corrected chi connectivity index (χ0v) is 7.90. The molecular weight excluding hydrogens is 268 g/mol. The Hall–Kier alpha value is -0.360. The van der Waals surface area contributed by atoms with Gasteiger partial charge in [0.15, 0.2) is 0 Å². The van der Waals surface area contributed by atoms with Gasteiger partial charge in [0.05, 0.1) is 0 Å². The van der Waals surface area contributed by atoms with Gasteiger partial charge in [-0.05, 0) is 31.9 Å². The van der Waals surface area contributed by atoms with Crippen LogP contribution in [0.3, 0.4) is 0 Å². The van der Waals surface area contributed by atoms with Crippen molar-refractivity contribution in [2.75, 3.05) is 0 Å². The fraction of sp³-hybridized carbons (Fsp3) is 0. The predicted molar refractivity (Wildman–Crippen MR) is 43.3 cm³/mol. The zero-order valence-electron chi connectivity index (χ0n) is 4.73. The van der Waals surface area contributed by atoms with Crippen molar-refractivity contribution < 1.29 is 9.59 Å². The third-order valence-corrected chi connectivity index (χ3v) is 2.73. The molecule has 0 unspecified atom stereocenters. The molecule has 0 saturated carbocycles. The maximum atomic E-state index is 10.3. The smallest absolute Gasteiger partial charge is 0.257 e. The fourth-order valence-corrected chi connectivity index (χ4v) is 0.607. The van der Waals surface area contributed by atoms with Crippen LogP contribution in [-0.4, -0.2) is 11.8 Å². The lowest BCUT2D eigenvalue weighted by molar-refractivity contribution is -0.116. The molecule has 0 fully saturated rings. The van der Waals surface area contributed by atoms with Crippen molar-refractivity contribution >= 4 is 43.7 Å². The second kappa shape index (κ2) is 3.72. The highest BCUT2D eigenvalue weighted by Gasteiger charge is 2.10. The fourth-order valence-electron chi connectivity index (χ4n) is 0.216. The van der Waals surface area contributed by atoms with Gasteiger partial charge in [0.25, 0.3) is 11.8 Å². The minimum atomic E-state index is -0.745. The summed E-state index contributed by atoms with van der Waals surface area (Å²) in [5.41, 5.74) is 9.59. The zero-order chi connectivity index (χ0) is 8.31. The summed E-state index contributed by atoms with van der Waals surface area (Å²) in [6.07, 6.45) is 0. The molecule has 0 aromatic rings. The first kappa shape index (κ1) is 9.64. The SMILES string of the molecule is NC(=O)/C(Br)=C(/Br)C(N)=O. The van der Waals surface area contributed by atoms with Gasteiger partial charge in [-0.3, -0.25) is 9.59 Å². The average molecular weight is 272 g/mol. The van der Waals surface area contributed by atoms with Crippen LogP contribution in [0.4, 0.5) is 0 Å². The van der Waals surface area contributed by atoms with Crippen molar-refractivity contribution in [2.24, 2.45) is 11.5 Å². The Kier molecular flexibility index (Phi) is 3.59. The van der Waals surface area contributed by atoms with Crippen molar-refractivity contribution in [1.29, 1.82) is 0 Å². The normalized spacial score (nSPS) is 12.2. The second-order valence-electron chi connectivity index (χ2n) is 1.36. The van der Waals surface area contributed by atoms with Crippen molar-refractivity contribution in [3.63, 3.8) is 0 Å². The van der Waals surface area contributed by atoms with Gasteiger partial charge in [0.2, 0.25) is 0 Å². The molecule has 4 nitrogen and oxygen atoms in total. The Morgan fingerprint density at radius 1 is 0.900 bits per heavy atom. The summed E-state index contributed by atoms with van der Waals surface area (Å²) in [6.45, 7) is 0. The van der Waals surface area contributed by atoms with E-state index in [1.54, 1.807) is 0 Å². The maximum Gasteiger partial charge on any atom is 0.257 e. The lowest BCUT2D eigenvalue weighted by Gasteiger charge is -1.93. The lowest BCUT2D eigenvalue weighted by Crippen LogP contribution is -2.17. The first-order chi connectivity index (χ1) is 4.46. The average Bonchev–Trinajstić information content (AvgIpc) is 1.84. The number of primary amides is 2. The molecule has 0 saturated heterocycles. The summed E-state index contributed by atoms with van der Waals surface area (Å²) in [6, 6.07) is 0. The van der Waals surface area contributed by atoms with E-state index in [4.69, 9.17) is 11.5 Å². The van der Waals surface area contributed by atoms with Gasteiger partial charge < -0.3 is 11.5 Å². The molecule has 0 aromatic carbocycles. The first-order valence-electron chi connectivity index (χ1n) is 2.11. The van der Waals surface area contributed by atoms with E-state index in [1.165, 1.54) is 0 Å². The second-order valence-corrected chi connectivity index (χ2v) is 2.94. The van der Waals surface area contributed by atoms with E-state index in [0.717, 1.165) is 0 Å². The summed E-state index contributed by atoms with van der Waals surface area (Å²) in [5.74, 6) is -1.49. The highest BCUT2D eigenvalue weighted by Crippen LogP contribution is 2.16. The number of halogens is 2. The lowest BCUT2D eigenvalue weighted by atomic mass is 10.5. The number of rotatable bonds is 2. The van der Waals surface area contributed by atoms with Crippen LogP contribution in [0, 0.1) is 0 Å². The Morgan fingerprint density at radius 2 is 1.10 bits per heavy atom. The van der Waals surface area contributed by atoms with Gasteiger partial charge in [-0.25, -0.2) is 0 Å². The number of hydrogen-bond acceptors (Lipinski definition) is 2. The molecule has 0 aliphatic carbocycles. The van der Waals surface area contributed by atoms with E-state index in [1.807, 2.05) is 0 Å². The molecule has 0 aliphatic rings. The molecule has 0 spiro atoms. The molecule has 2 amide bonds. The van der Waals surface area contributed by atoms with E-state index >= 15 is 0 Å². The van der Waals surface area contributed by atoms with Crippen LogP contribution >= 0.6 is 31.9 Å². The summed E-state index contributed by atoms with van der Waals surface area (Å²) in [5, 5.41) is 0. The van der Waals surface area contributed by atoms with E-state index in [-0.39, 0.29) is 8.96 Å². The minimum absolute atomic E-state index is 0.0556. The van der Waals surface area contributed by atoms with Crippen LogP contribution in [-0.2, 0) is 9.59 Å². The summed E-state index contributed by atoms with van der Waals surface area (Å²) in [7, 11) is 0. The Balaban J connectivity index is 4.67. The van der Waals surface area contributed by atoms with E-state index in [0.29, 0.717) is 0 Å². The topological polar surface area (TPSA) is 86.2 Å². The van der Waals surface area contributed by atoms with Crippen LogP contribution in [0.15, 0.2) is 8.96 Å². The summed E-state index contributed by atoms with van der Waals surface area (Å²) < 4.78 is -0.111. The van der Waals surface area contributed by atoms with Gasteiger partial charge in [-0.1, -0.05) is 0 Å². The Labute approximate surface area is 73.9 Å². The van der Waals surface area contributed by atoms with Gasteiger partial charge >= 0.3 is 0 Å². The predicted octanol–water partition coefficient (Wildman–Crippen LogP) is -0.0416. The van der Waals surface area contributed by atoms with E-state index < -0.39 is 11.8 Å². The quantitative estimate of drug-likeness (QED) is 0.691. The van der Waals surface area contributed by atoms with Gasteiger partial charge in [0.1, 0.15) is 8.96 Å². The molecule has 0 radical (unpaired) electrons. The van der Waals surface area contributed by atoms with Crippen molar-refractivity contribution in [1.82, 2.24) is 0 Å². The number of amides is 2. The third-order valence-electron chi connectivity index (χ3n) is 0.625. The Bertz CT molecular complexity index is 189. The number of hydrogen-bond donors (Lipinski definition) is 2. The molecule has 56 valence electrons. The van der Waals surface area contributed by atoms with Crippen LogP contribution < -0.4 is 11.5 Å². The molecule has 6 heteroatoms. The highest BCUT2D eigenvalue weighted by molar-refractivity contribution is 9.14. The van der Waals surface area contributed by atoms with Crippen molar-refractivity contribution in [3.05, 3.63) is 8.96 Å². The molecule has 10 heavy (non-hydrogen) atoms. The maximum absolute atomic E-state index is 10.3. The number of nitrogens with two attached hydrogens (primary N) is 2. The van der Waals surface area contributed by atoms with Crippen LogP contribution in [0.5, 0.6) is 0 Å². The molecule has 0 aliphatic heterocycles. The minimum Gasteiger partial charge on any atom is -0.365 e. The molecule has 4 N–H and O–H groups in total. The molecule has 0 aromatic heterocycles. The highest BCUT2D eigenvalue weighted by atomic mass is 79.9. The molecule has 0 rings (SSSR count). The number of carbonyl (C=O) groups is 2. The molecular formula is C4H4Br2N2O2. The van der Waals surface area contributed by atoms with Crippen molar-refractivity contribution in [2.45, 2.75) is 0 Å². The van der Waals surface area contributed by atoms with Gasteiger partial charge in [0, 0.05) is 0 Å². The monoisotopic (exact) mass is 270 g/mol. The van der Waals surface area contributed by atoms with E-state index in [2.05, 4.69) is 31.9 Å². The molecule has 0 bridgehead atoms. The van der Waals surface area contributed by atoms with E-state index in [9.17, 15) is 9.59 Å². The largest absolute Gasteiger partial charge is 0.365 e. The Morgan fingerprint density at radius 3 is 1.20 bits per heavy atom.